The minimum Gasteiger partial charge on any atom is -0.460 e. The quantitative estimate of drug-likeness (QED) is 0.776. The second kappa shape index (κ2) is 6.57. The Kier molecular flexibility index (Phi) is 4.64. The molecule has 1 aliphatic heterocycles. The van der Waals surface area contributed by atoms with Crippen LogP contribution in [0.25, 0.3) is 0 Å². The molecule has 0 bridgehead atoms. The van der Waals surface area contributed by atoms with E-state index in [9.17, 15) is 4.79 Å². The molecule has 0 unspecified atom stereocenters. The minimum atomic E-state index is -0.400. The van der Waals surface area contributed by atoms with Gasteiger partial charge in [0.05, 0.1) is 17.6 Å². The van der Waals surface area contributed by atoms with Crippen LogP contribution in [-0.4, -0.2) is 22.5 Å². The lowest BCUT2D eigenvalue weighted by Gasteiger charge is -2.34. The van der Waals surface area contributed by atoms with Crippen molar-refractivity contribution in [1.82, 2.24) is 4.90 Å². The number of hydrogen-bond donors (Lipinski definition) is 0. The molecule has 1 heterocycles. The fraction of sp³-hybridized carbons (Fsp3) is 0.600. The van der Waals surface area contributed by atoms with Crippen molar-refractivity contribution in [2.45, 2.75) is 71.2 Å². The van der Waals surface area contributed by atoms with E-state index in [2.05, 4.69) is 17.0 Å². The number of rotatable bonds is 2. The van der Waals surface area contributed by atoms with Crippen molar-refractivity contribution >= 4 is 5.97 Å². The number of nitrogens with zero attached hydrogens (tertiary/aromatic N) is 2. The average molecular weight is 326 g/mol. The standard InChI is InChI=1S/C20H26N2O2/c1-20(2,3)24-19(23)15-6-8-18(9-7-15)22-12-16-5-4-14(11-21)10-17(16)13-22/h4-5,10,15,18H,6-9,12-13H2,1-3H3. The maximum Gasteiger partial charge on any atom is 0.309 e. The summed E-state index contributed by atoms with van der Waals surface area (Å²) >= 11 is 0. The Hall–Kier alpha value is -1.86. The summed E-state index contributed by atoms with van der Waals surface area (Å²) in [4.78, 5) is 14.7. The molecule has 3 rings (SSSR count). The Morgan fingerprint density at radius 3 is 2.46 bits per heavy atom. The molecule has 2 aliphatic rings. The zero-order chi connectivity index (χ0) is 17.3. The maximum absolute atomic E-state index is 12.2. The number of nitriles is 1. The summed E-state index contributed by atoms with van der Waals surface area (Å²) < 4.78 is 5.53. The molecule has 0 amide bonds. The molecule has 0 atom stereocenters. The second-order valence-corrected chi connectivity index (χ2v) is 8.04. The molecule has 1 aliphatic carbocycles. The monoisotopic (exact) mass is 326 g/mol. The van der Waals surface area contributed by atoms with E-state index >= 15 is 0 Å². The first-order chi connectivity index (χ1) is 11.4. The molecule has 0 spiro atoms. The van der Waals surface area contributed by atoms with Gasteiger partial charge in [-0.15, -0.1) is 0 Å². The number of fused-ring (bicyclic) bond motifs is 1. The largest absolute Gasteiger partial charge is 0.460 e. The Morgan fingerprint density at radius 1 is 1.17 bits per heavy atom. The molecule has 1 fully saturated rings. The Balaban J connectivity index is 1.55. The van der Waals surface area contributed by atoms with Crippen molar-refractivity contribution in [3.05, 3.63) is 34.9 Å². The molecule has 1 aromatic rings. The lowest BCUT2D eigenvalue weighted by atomic mass is 9.85. The van der Waals surface area contributed by atoms with Gasteiger partial charge in [-0.25, -0.2) is 0 Å². The van der Waals surface area contributed by atoms with E-state index in [1.165, 1.54) is 11.1 Å². The van der Waals surface area contributed by atoms with Crippen LogP contribution in [0.5, 0.6) is 0 Å². The van der Waals surface area contributed by atoms with E-state index in [1.54, 1.807) is 0 Å². The van der Waals surface area contributed by atoms with Gasteiger partial charge in [-0.3, -0.25) is 9.69 Å². The van der Waals surface area contributed by atoms with Gasteiger partial charge in [0.15, 0.2) is 0 Å². The molecule has 0 saturated heterocycles. The van der Waals surface area contributed by atoms with Crippen molar-refractivity contribution in [3.63, 3.8) is 0 Å². The molecule has 1 aromatic carbocycles. The third kappa shape index (κ3) is 3.79. The van der Waals surface area contributed by atoms with Crippen LogP contribution in [0, 0.1) is 17.2 Å². The predicted molar refractivity (Wildman–Crippen MR) is 92.0 cm³/mol. The van der Waals surface area contributed by atoms with Gasteiger partial charge in [0.25, 0.3) is 0 Å². The predicted octanol–water partition coefficient (Wildman–Crippen LogP) is 3.77. The number of hydrogen-bond acceptors (Lipinski definition) is 4. The molecule has 0 radical (unpaired) electrons. The van der Waals surface area contributed by atoms with Gasteiger partial charge < -0.3 is 4.74 Å². The Labute approximate surface area is 144 Å². The van der Waals surface area contributed by atoms with Gasteiger partial charge >= 0.3 is 5.97 Å². The average Bonchev–Trinajstić information content (AvgIpc) is 2.96. The van der Waals surface area contributed by atoms with E-state index in [0.717, 1.165) is 44.3 Å². The highest BCUT2D eigenvalue weighted by atomic mass is 16.6. The SMILES string of the molecule is CC(C)(C)OC(=O)C1CCC(N2Cc3ccc(C#N)cc3C2)CC1. The molecular weight excluding hydrogens is 300 g/mol. The minimum absolute atomic E-state index is 0.0377. The van der Waals surface area contributed by atoms with Crippen LogP contribution in [0.2, 0.25) is 0 Å². The van der Waals surface area contributed by atoms with E-state index in [-0.39, 0.29) is 11.9 Å². The number of carbonyl (C=O) groups excluding carboxylic acids is 1. The van der Waals surface area contributed by atoms with Crippen LogP contribution < -0.4 is 0 Å². The van der Waals surface area contributed by atoms with E-state index in [4.69, 9.17) is 10.00 Å². The van der Waals surface area contributed by atoms with Crippen LogP contribution in [0.15, 0.2) is 18.2 Å². The smallest absolute Gasteiger partial charge is 0.309 e. The molecule has 0 aromatic heterocycles. The summed E-state index contributed by atoms with van der Waals surface area (Å²) in [5.41, 5.74) is 2.96. The summed E-state index contributed by atoms with van der Waals surface area (Å²) in [5.74, 6) is 0.0139. The number of carbonyl (C=O) groups is 1. The molecule has 24 heavy (non-hydrogen) atoms. The van der Waals surface area contributed by atoms with Gasteiger partial charge in [-0.2, -0.15) is 5.26 Å². The maximum atomic E-state index is 12.2. The molecular formula is C20H26N2O2. The first-order valence-corrected chi connectivity index (χ1v) is 8.84. The lowest BCUT2D eigenvalue weighted by molar-refractivity contribution is -0.161. The van der Waals surface area contributed by atoms with E-state index < -0.39 is 5.60 Å². The van der Waals surface area contributed by atoms with Crippen LogP contribution in [0.4, 0.5) is 0 Å². The normalized spacial score (nSPS) is 24.2. The van der Waals surface area contributed by atoms with Crippen molar-refractivity contribution in [1.29, 1.82) is 5.26 Å². The van der Waals surface area contributed by atoms with Crippen molar-refractivity contribution in [3.8, 4) is 6.07 Å². The number of esters is 1. The van der Waals surface area contributed by atoms with Crippen molar-refractivity contribution in [2.75, 3.05) is 0 Å². The Bertz CT molecular complexity index is 661. The zero-order valence-electron chi connectivity index (χ0n) is 14.8. The number of benzene rings is 1. The van der Waals surface area contributed by atoms with Gasteiger partial charge in [0, 0.05) is 19.1 Å². The summed E-state index contributed by atoms with van der Waals surface area (Å²) in [6.45, 7) is 7.66. The summed E-state index contributed by atoms with van der Waals surface area (Å²) in [6, 6.07) is 8.75. The molecule has 128 valence electrons. The molecule has 4 heteroatoms. The topological polar surface area (TPSA) is 53.3 Å². The van der Waals surface area contributed by atoms with Crippen molar-refractivity contribution < 1.29 is 9.53 Å². The van der Waals surface area contributed by atoms with Gasteiger partial charge in [0.2, 0.25) is 0 Å². The highest BCUT2D eigenvalue weighted by Crippen LogP contribution is 2.34. The lowest BCUT2D eigenvalue weighted by Crippen LogP contribution is -2.37. The van der Waals surface area contributed by atoms with Crippen LogP contribution in [0.3, 0.4) is 0 Å². The third-order valence-corrected chi connectivity index (χ3v) is 5.04. The fourth-order valence-electron chi connectivity index (χ4n) is 3.81. The summed E-state index contributed by atoms with van der Waals surface area (Å²) in [6.07, 6.45) is 3.91. The summed E-state index contributed by atoms with van der Waals surface area (Å²) in [5, 5.41) is 9.04. The van der Waals surface area contributed by atoms with Gasteiger partial charge in [-0.05, 0) is 69.7 Å². The summed E-state index contributed by atoms with van der Waals surface area (Å²) in [7, 11) is 0. The van der Waals surface area contributed by atoms with Crippen LogP contribution in [0.1, 0.15) is 63.1 Å². The first-order valence-electron chi connectivity index (χ1n) is 8.84. The second-order valence-electron chi connectivity index (χ2n) is 8.04. The van der Waals surface area contributed by atoms with Crippen LogP contribution in [-0.2, 0) is 22.6 Å². The third-order valence-electron chi connectivity index (χ3n) is 5.04. The highest BCUT2D eigenvalue weighted by Gasteiger charge is 2.33. The first kappa shape index (κ1) is 17.0. The van der Waals surface area contributed by atoms with Crippen molar-refractivity contribution in [2.24, 2.45) is 5.92 Å². The van der Waals surface area contributed by atoms with E-state index in [0.29, 0.717) is 6.04 Å². The van der Waals surface area contributed by atoms with Crippen LogP contribution >= 0.6 is 0 Å². The Morgan fingerprint density at radius 2 is 1.83 bits per heavy atom. The molecule has 0 N–H and O–H groups in total. The zero-order valence-corrected chi connectivity index (χ0v) is 14.8. The molecule has 1 saturated carbocycles. The highest BCUT2D eigenvalue weighted by molar-refractivity contribution is 5.73. The van der Waals surface area contributed by atoms with Gasteiger partial charge in [0.1, 0.15) is 5.60 Å². The fourth-order valence-corrected chi connectivity index (χ4v) is 3.81. The van der Waals surface area contributed by atoms with E-state index in [1.807, 2.05) is 32.9 Å². The van der Waals surface area contributed by atoms with Gasteiger partial charge in [-0.1, -0.05) is 6.07 Å². The number of ether oxygens (including phenoxy) is 1. The molecule has 4 nitrogen and oxygen atoms in total.